The third-order valence-corrected chi connectivity index (χ3v) is 5.16. The number of benzene rings is 3. The van der Waals surface area contributed by atoms with Crippen molar-refractivity contribution >= 4 is 21.4 Å². The summed E-state index contributed by atoms with van der Waals surface area (Å²) >= 11 is 0. The second kappa shape index (κ2) is 8.40. The molecule has 8 heteroatoms. The zero-order chi connectivity index (χ0) is 21.0. The normalized spacial score (nSPS) is 11.1. The van der Waals surface area contributed by atoms with Gasteiger partial charge in [0.25, 0.3) is 5.91 Å². The number of ether oxygens (including phenoxy) is 1. The molecule has 0 aliphatic rings. The largest absolute Gasteiger partial charge is 0.488 e. The third-order valence-electron chi connectivity index (χ3n) is 4.05. The Hall–Kier alpha value is -3.26. The Kier molecular flexibility index (Phi) is 5.93. The lowest BCUT2D eigenvalue weighted by Crippen LogP contribution is -2.15. The molecule has 5 nitrogen and oxygen atoms in total. The molecule has 3 aromatic rings. The lowest BCUT2D eigenvalue weighted by molar-refractivity contribution is 0.102. The van der Waals surface area contributed by atoms with Crippen LogP contribution in [-0.4, -0.2) is 20.6 Å². The van der Waals surface area contributed by atoms with Crippen LogP contribution in [0.25, 0.3) is 0 Å². The fourth-order valence-corrected chi connectivity index (χ4v) is 3.19. The second-order valence-corrected chi connectivity index (χ2v) is 8.29. The molecule has 29 heavy (non-hydrogen) atoms. The molecule has 3 aromatic carbocycles. The van der Waals surface area contributed by atoms with Gasteiger partial charge in [0.1, 0.15) is 24.0 Å². The van der Waals surface area contributed by atoms with Crippen LogP contribution in [0.2, 0.25) is 0 Å². The summed E-state index contributed by atoms with van der Waals surface area (Å²) in [6, 6.07) is 15.2. The minimum absolute atomic E-state index is 0.0997. The van der Waals surface area contributed by atoms with E-state index in [-0.39, 0.29) is 34.3 Å². The van der Waals surface area contributed by atoms with Crippen LogP contribution < -0.4 is 10.1 Å². The van der Waals surface area contributed by atoms with E-state index in [1.54, 1.807) is 30.3 Å². The van der Waals surface area contributed by atoms with Gasteiger partial charge in [0.05, 0.1) is 16.1 Å². The predicted octanol–water partition coefficient (Wildman–Crippen LogP) is 4.20. The molecule has 0 atom stereocenters. The van der Waals surface area contributed by atoms with Crippen molar-refractivity contribution in [3.05, 3.63) is 89.5 Å². The topological polar surface area (TPSA) is 72.5 Å². The van der Waals surface area contributed by atoms with Crippen LogP contribution in [0.3, 0.4) is 0 Å². The van der Waals surface area contributed by atoms with Crippen molar-refractivity contribution in [2.75, 3.05) is 11.6 Å². The molecule has 0 bridgehead atoms. The highest BCUT2D eigenvalue weighted by Gasteiger charge is 2.17. The zero-order valence-corrected chi connectivity index (χ0v) is 16.2. The Morgan fingerprint density at radius 1 is 1.00 bits per heavy atom. The summed E-state index contributed by atoms with van der Waals surface area (Å²) in [4.78, 5) is 12.5. The van der Waals surface area contributed by atoms with Gasteiger partial charge in [0.2, 0.25) is 0 Å². The number of para-hydroxylation sites is 1. The number of amides is 1. The first kappa shape index (κ1) is 20.5. The molecule has 0 fully saturated rings. The van der Waals surface area contributed by atoms with E-state index in [4.69, 9.17) is 4.74 Å². The summed E-state index contributed by atoms with van der Waals surface area (Å²) in [6.07, 6.45) is 0.991. The predicted molar refractivity (Wildman–Crippen MR) is 105 cm³/mol. The number of carbonyl (C=O) groups is 1. The van der Waals surface area contributed by atoms with Gasteiger partial charge in [-0.25, -0.2) is 17.2 Å². The smallest absolute Gasteiger partial charge is 0.259 e. The van der Waals surface area contributed by atoms with Gasteiger partial charge in [-0.15, -0.1) is 0 Å². The molecule has 0 radical (unpaired) electrons. The van der Waals surface area contributed by atoms with E-state index >= 15 is 0 Å². The summed E-state index contributed by atoms with van der Waals surface area (Å²) in [5.74, 6) is -1.56. The third kappa shape index (κ3) is 5.17. The Labute approximate surface area is 166 Å². The SMILES string of the molecule is CS(=O)(=O)c1ccc(F)c(NC(=O)c2ccccc2OCc2ccc(F)cc2)c1. The first-order chi connectivity index (χ1) is 13.7. The van der Waals surface area contributed by atoms with Crippen LogP contribution in [0, 0.1) is 11.6 Å². The van der Waals surface area contributed by atoms with Crippen LogP contribution in [-0.2, 0) is 16.4 Å². The molecule has 0 unspecified atom stereocenters. The maximum atomic E-state index is 14.1. The number of carbonyl (C=O) groups excluding carboxylic acids is 1. The van der Waals surface area contributed by atoms with E-state index in [0.29, 0.717) is 5.56 Å². The Balaban J connectivity index is 1.81. The van der Waals surface area contributed by atoms with E-state index in [1.807, 2.05) is 0 Å². The summed E-state index contributed by atoms with van der Waals surface area (Å²) in [5, 5.41) is 2.38. The lowest BCUT2D eigenvalue weighted by atomic mass is 10.1. The van der Waals surface area contributed by atoms with Crippen LogP contribution in [0.1, 0.15) is 15.9 Å². The summed E-state index contributed by atoms with van der Waals surface area (Å²) < 4.78 is 56.1. The Morgan fingerprint density at radius 2 is 1.69 bits per heavy atom. The van der Waals surface area contributed by atoms with E-state index in [2.05, 4.69) is 5.32 Å². The molecule has 0 aromatic heterocycles. The number of hydrogen-bond acceptors (Lipinski definition) is 4. The van der Waals surface area contributed by atoms with E-state index < -0.39 is 21.6 Å². The minimum Gasteiger partial charge on any atom is -0.488 e. The lowest BCUT2D eigenvalue weighted by Gasteiger charge is -2.13. The summed E-state index contributed by atoms with van der Waals surface area (Å²) in [5.41, 5.74) is 0.582. The first-order valence-corrected chi connectivity index (χ1v) is 10.4. The monoisotopic (exact) mass is 417 g/mol. The molecule has 1 N–H and O–H groups in total. The fourth-order valence-electron chi connectivity index (χ4n) is 2.54. The first-order valence-electron chi connectivity index (χ1n) is 8.51. The van der Waals surface area contributed by atoms with Crippen LogP contribution >= 0.6 is 0 Å². The average molecular weight is 417 g/mol. The Bertz CT molecular complexity index is 1150. The quantitative estimate of drug-likeness (QED) is 0.610. The molecule has 0 aliphatic carbocycles. The number of halogens is 2. The van der Waals surface area contributed by atoms with Crippen molar-refractivity contribution in [2.24, 2.45) is 0 Å². The van der Waals surface area contributed by atoms with Crippen molar-refractivity contribution in [1.82, 2.24) is 0 Å². The molecule has 3 rings (SSSR count). The number of hydrogen-bond donors (Lipinski definition) is 1. The highest BCUT2D eigenvalue weighted by atomic mass is 32.2. The number of sulfone groups is 1. The van der Waals surface area contributed by atoms with E-state index in [0.717, 1.165) is 24.5 Å². The highest BCUT2D eigenvalue weighted by Crippen LogP contribution is 2.24. The van der Waals surface area contributed by atoms with Gasteiger partial charge in [-0.1, -0.05) is 24.3 Å². The molecule has 1 amide bonds. The van der Waals surface area contributed by atoms with Crippen LogP contribution in [0.5, 0.6) is 5.75 Å². The van der Waals surface area contributed by atoms with Gasteiger partial charge < -0.3 is 10.1 Å². The molecular formula is C21H17F2NO4S. The van der Waals surface area contributed by atoms with Crippen molar-refractivity contribution in [3.8, 4) is 5.75 Å². The van der Waals surface area contributed by atoms with E-state index in [1.165, 1.54) is 18.2 Å². The maximum Gasteiger partial charge on any atom is 0.259 e. The van der Waals surface area contributed by atoms with Gasteiger partial charge in [-0.05, 0) is 48.0 Å². The van der Waals surface area contributed by atoms with Gasteiger partial charge in [0.15, 0.2) is 9.84 Å². The molecule has 0 spiro atoms. The number of nitrogens with one attached hydrogen (secondary N) is 1. The van der Waals surface area contributed by atoms with Crippen molar-refractivity contribution in [3.63, 3.8) is 0 Å². The zero-order valence-electron chi connectivity index (χ0n) is 15.4. The van der Waals surface area contributed by atoms with Gasteiger partial charge in [-0.2, -0.15) is 0 Å². The van der Waals surface area contributed by atoms with Gasteiger partial charge in [-0.3, -0.25) is 4.79 Å². The van der Waals surface area contributed by atoms with Crippen molar-refractivity contribution < 1.29 is 26.7 Å². The number of rotatable bonds is 6. The van der Waals surface area contributed by atoms with Crippen LogP contribution in [0.4, 0.5) is 14.5 Å². The molecular weight excluding hydrogens is 400 g/mol. The summed E-state index contributed by atoms with van der Waals surface area (Å²) in [7, 11) is -3.56. The number of anilines is 1. The average Bonchev–Trinajstić information content (AvgIpc) is 2.68. The van der Waals surface area contributed by atoms with Crippen LogP contribution in [0.15, 0.2) is 71.6 Å². The summed E-state index contributed by atoms with van der Waals surface area (Å²) in [6.45, 7) is 0.0997. The molecule has 0 heterocycles. The fraction of sp³-hybridized carbons (Fsp3) is 0.0952. The highest BCUT2D eigenvalue weighted by molar-refractivity contribution is 7.90. The van der Waals surface area contributed by atoms with Crippen molar-refractivity contribution in [1.29, 1.82) is 0 Å². The minimum atomic E-state index is -3.56. The van der Waals surface area contributed by atoms with E-state index in [9.17, 15) is 22.0 Å². The molecule has 0 saturated carbocycles. The second-order valence-electron chi connectivity index (χ2n) is 6.28. The maximum absolute atomic E-state index is 14.1. The Morgan fingerprint density at radius 3 is 2.38 bits per heavy atom. The molecule has 150 valence electrons. The molecule has 0 saturated heterocycles. The molecule has 0 aliphatic heterocycles. The standard InChI is InChI=1S/C21H17F2NO4S/c1-29(26,27)16-10-11-18(23)19(12-16)24-21(25)17-4-2-3-5-20(17)28-13-14-6-8-15(22)9-7-14/h2-12H,13H2,1H3,(H,24,25). The van der Waals surface area contributed by atoms with Crippen molar-refractivity contribution in [2.45, 2.75) is 11.5 Å². The van der Waals surface area contributed by atoms with Gasteiger partial charge >= 0.3 is 0 Å². The van der Waals surface area contributed by atoms with Gasteiger partial charge in [0, 0.05) is 6.26 Å².